The Hall–Kier alpha value is -2.87. The molecule has 0 aliphatic rings. The molecule has 144 valence electrons. The highest BCUT2D eigenvalue weighted by Crippen LogP contribution is 2.24. The van der Waals surface area contributed by atoms with Gasteiger partial charge < -0.3 is 4.57 Å². The predicted octanol–water partition coefficient (Wildman–Crippen LogP) is 3.06. The number of benzene rings is 1. The average molecular weight is 395 g/mol. The number of fused-ring (bicyclic) bond motifs is 2. The van der Waals surface area contributed by atoms with Crippen molar-refractivity contribution in [1.82, 2.24) is 24.1 Å². The van der Waals surface area contributed by atoms with E-state index in [1.54, 1.807) is 20.9 Å². The minimum atomic E-state index is -0.403. The quantitative estimate of drug-likeness (QED) is 0.507. The van der Waals surface area contributed by atoms with Crippen molar-refractivity contribution in [3.8, 4) is 0 Å². The Bertz CT molecular complexity index is 1270. The SMILES string of the molecule is CCCCn1c(=O)[nH]c(=O)c2c1nc(CSc1ccc3ccccc3n1)n2C. The number of aromatic amines is 1. The summed E-state index contributed by atoms with van der Waals surface area (Å²) in [6.07, 6.45) is 1.80. The fourth-order valence-corrected chi connectivity index (χ4v) is 4.07. The number of pyridine rings is 1. The first-order chi connectivity index (χ1) is 13.6. The number of nitrogens with one attached hydrogen (secondary N) is 1. The maximum atomic E-state index is 12.3. The second-order valence-corrected chi connectivity index (χ2v) is 7.65. The van der Waals surface area contributed by atoms with Crippen molar-refractivity contribution in [1.29, 1.82) is 0 Å². The number of thioether (sulfide) groups is 1. The number of unbranched alkanes of at least 4 members (excludes halogenated alkanes) is 1. The lowest BCUT2D eigenvalue weighted by Gasteiger charge is -2.04. The van der Waals surface area contributed by atoms with Crippen molar-refractivity contribution in [3.05, 3.63) is 63.1 Å². The van der Waals surface area contributed by atoms with Gasteiger partial charge in [0.05, 0.1) is 16.3 Å². The summed E-state index contributed by atoms with van der Waals surface area (Å²) in [5.74, 6) is 1.29. The number of aromatic nitrogens is 5. The topological polar surface area (TPSA) is 85.6 Å². The molecule has 3 aromatic heterocycles. The second-order valence-electron chi connectivity index (χ2n) is 6.65. The summed E-state index contributed by atoms with van der Waals surface area (Å²) >= 11 is 1.56. The zero-order valence-electron chi connectivity index (χ0n) is 15.8. The van der Waals surface area contributed by atoms with Crippen molar-refractivity contribution in [2.24, 2.45) is 7.05 Å². The Morgan fingerprint density at radius 1 is 1.11 bits per heavy atom. The molecule has 0 aliphatic heterocycles. The first kappa shape index (κ1) is 18.5. The number of hydrogen-bond acceptors (Lipinski definition) is 5. The Morgan fingerprint density at radius 2 is 1.93 bits per heavy atom. The Balaban J connectivity index is 1.68. The number of para-hydroxylation sites is 1. The molecular weight excluding hydrogens is 374 g/mol. The van der Waals surface area contributed by atoms with E-state index in [1.165, 1.54) is 0 Å². The number of imidazole rings is 1. The predicted molar refractivity (Wildman–Crippen MR) is 112 cm³/mol. The highest BCUT2D eigenvalue weighted by molar-refractivity contribution is 7.98. The lowest BCUT2D eigenvalue weighted by Crippen LogP contribution is -2.31. The van der Waals surface area contributed by atoms with Crippen LogP contribution in [0.15, 0.2) is 51.0 Å². The van der Waals surface area contributed by atoms with E-state index in [4.69, 9.17) is 0 Å². The maximum absolute atomic E-state index is 12.3. The van der Waals surface area contributed by atoms with Crippen LogP contribution in [0.2, 0.25) is 0 Å². The standard InChI is InChI=1S/C20H21N5O2S/c1-3-4-11-25-18-17(19(26)23-20(25)27)24(2)15(22-18)12-28-16-10-9-13-7-5-6-8-14(13)21-16/h5-10H,3-4,11-12H2,1-2H3,(H,23,26,27). The summed E-state index contributed by atoms with van der Waals surface area (Å²) in [7, 11) is 1.81. The van der Waals surface area contributed by atoms with Crippen LogP contribution in [-0.2, 0) is 19.3 Å². The van der Waals surface area contributed by atoms with E-state index in [2.05, 4.69) is 21.9 Å². The highest BCUT2D eigenvalue weighted by Gasteiger charge is 2.16. The number of aryl methyl sites for hydroxylation is 2. The van der Waals surface area contributed by atoms with Gasteiger partial charge in [0.1, 0.15) is 5.82 Å². The van der Waals surface area contributed by atoms with Gasteiger partial charge in [0.25, 0.3) is 5.56 Å². The third kappa shape index (κ3) is 3.35. The van der Waals surface area contributed by atoms with Crippen LogP contribution < -0.4 is 11.2 Å². The van der Waals surface area contributed by atoms with Gasteiger partial charge in [-0.1, -0.05) is 49.4 Å². The second kappa shape index (κ2) is 7.63. The molecule has 0 spiro atoms. The van der Waals surface area contributed by atoms with E-state index in [0.717, 1.165) is 34.6 Å². The Labute approximate surface area is 165 Å². The van der Waals surface area contributed by atoms with E-state index in [0.29, 0.717) is 23.5 Å². The summed E-state index contributed by atoms with van der Waals surface area (Å²) in [4.78, 5) is 36.3. The van der Waals surface area contributed by atoms with E-state index in [9.17, 15) is 9.59 Å². The molecule has 0 saturated heterocycles. The van der Waals surface area contributed by atoms with Crippen molar-refractivity contribution in [3.63, 3.8) is 0 Å². The van der Waals surface area contributed by atoms with Gasteiger partial charge >= 0.3 is 5.69 Å². The fourth-order valence-electron chi connectivity index (χ4n) is 3.21. The van der Waals surface area contributed by atoms with E-state index in [1.807, 2.05) is 43.4 Å². The van der Waals surface area contributed by atoms with Crippen LogP contribution in [0.1, 0.15) is 25.6 Å². The number of H-pyrrole nitrogens is 1. The van der Waals surface area contributed by atoms with Crippen molar-refractivity contribution in [2.45, 2.75) is 37.1 Å². The van der Waals surface area contributed by atoms with Gasteiger partial charge in [-0.15, -0.1) is 0 Å². The molecule has 0 fully saturated rings. The van der Waals surface area contributed by atoms with Crippen LogP contribution in [0.3, 0.4) is 0 Å². The van der Waals surface area contributed by atoms with Gasteiger partial charge in [-0.05, 0) is 18.6 Å². The zero-order chi connectivity index (χ0) is 19.7. The molecule has 4 rings (SSSR count). The maximum Gasteiger partial charge on any atom is 0.330 e. The first-order valence-corrected chi connectivity index (χ1v) is 10.2. The molecule has 0 saturated carbocycles. The lowest BCUT2D eigenvalue weighted by molar-refractivity contribution is 0.613. The fraction of sp³-hybridized carbons (Fsp3) is 0.300. The molecule has 4 aromatic rings. The van der Waals surface area contributed by atoms with Gasteiger partial charge in [-0.3, -0.25) is 14.3 Å². The molecule has 0 bridgehead atoms. The van der Waals surface area contributed by atoms with Gasteiger partial charge in [0.15, 0.2) is 11.2 Å². The summed E-state index contributed by atoms with van der Waals surface area (Å²) < 4.78 is 3.33. The van der Waals surface area contributed by atoms with Crippen LogP contribution >= 0.6 is 11.8 Å². The van der Waals surface area contributed by atoms with Crippen molar-refractivity contribution < 1.29 is 0 Å². The molecule has 0 radical (unpaired) electrons. The summed E-state index contributed by atoms with van der Waals surface area (Å²) in [6.45, 7) is 2.60. The average Bonchev–Trinajstić information content (AvgIpc) is 3.03. The third-order valence-corrected chi connectivity index (χ3v) is 5.69. The number of nitrogens with zero attached hydrogens (tertiary/aromatic N) is 4. The van der Waals surface area contributed by atoms with Crippen molar-refractivity contribution in [2.75, 3.05) is 0 Å². The molecular formula is C20H21N5O2S. The first-order valence-electron chi connectivity index (χ1n) is 9.25. The molecule has 0 unspecified atom stereocenters. The lowest BCUT2D eigenvalue weighted by atomic mass is 10.2. The van der Waals surface area contributed by atoms with E-state index >= 15 is 0 Å². The number of rotatable bonds is 6. The highest BCUT2D eigenvalue weighted by atomic mass is 32.2. The molecule has 1 N–H and O–H groups in total. The minimum absolute atomic E-state index is 0.400. The smallest absolute Gasteiger partial charge is 0.325 e. The molecule has 8 heteroatoms. The normalized spacial score (nSPS) is 11.5. The number of hydrogen-bond donors (Lipinski definition) is 1. The molecule has 7 nitrogen and oxygen atoms in total. The van der Waals surface area contributed by atoms with E-state index < -0.39 is 11.2 Å². The van der Waals surface area contributed by atoms with Crippen LogP contribution in [0.25, 0.3) is 22.1 Å². The van der Waals surface area contributed by atoms with Gasteiger partial charge in [-0.25, -0.2) is 14.8 Å². The van der Waals surface area contributed by atoms with Crippen LogP contribution in [0, 0.1) is 0 Å². The molecule has 0 aliphatic carbocycles. The minimum Gasteiger partial charge on any atom is -0.325 e. The third-order valence-electron chi connectivity index (χ3n) is 4.76. The molecule has 0 amide bonds. The molecule has 0 atom stereocenters. The summed E-state index contributed by atoms with van der Waals surface area (Å²) in [6, 6.07) is 12.0. The molecule has 1 aromatic carbocycles. The Kier molecular flexibility index (Phi) is 5.04. The molecule has 28 heavy (non-hydrogen) atoms. The zero-order valence-corrected chi connectivity index (χ0v) is 16.6. The monoisotopic (exact) mass is 395 g/mol. The Morgan fingerprint density at radius 3 is 2.75 bits per heavy atom. The largest absolute Gasteiger partial charge is 0.330 e. The van der Waals surface area contributed by atoms with Crippen LogP contribution in [0.4, 0.5) is 0 Å². The van der Waals surface area contributed by atoms with Gasteiger partial charge in [0, 0.05) is 19.0 Å². The summed E-state index contributed by atoms with van der Waals surface area (Å²) in [5.41, 5.74) is 1.02. The van der Waals surface area contributed by atoms with E-state index in [-0.39, 0.29) is 0 Å². The molecule has 3 heterocycles. The van der Waals surface area contributed by atoms with Crippen LogP contribution in [-0.4, -0.2) is 24.1 Å². The summed E-state index contributed by atoms with van der Waals surface area (Å²) in [5, 5.41) is 1.99. The van der Waals surface area contributed by atoms with Crippen LogP contribution in [0.5, 0.6) is 0 Å². The van der Waals surface area contributed by atoms with Gasteiger partial charge in [-0.2, -0.15) is 0 Å². The van der Waals surface area contributed by atoms with Crippen molar-refractivity contribution >= 4 is 33.8 Å². The van der Waals surface area contributed by atoms with Gasteiger partial charge in [0.2, 0.25) is 0 Å².